The molecule has 1 aromatic rings. The third-order valence-corrected chi connectivity index (χ3v) is 5.82. The average molecular weight is 346 g/mol. The first-order chi connectivity index (χ1) is 12.1. The number of piperazine rings is 1. The van der Waals surface area contributed by atoms with Gasteiger partial charge in [0, 0.05) is 45.3 Å². The van der Waals surface area contributed by atoms with Crippen molar-refractivity contribution in [2.45, 2.75) is 38.8 Å². The van der Waals surface area contributed by atoms with Gasteiger partial charge in [0.05, 0.1) is 6.61 Å². The monoisotopic (exact) mass is 345 g/mol. The molecule has 4 nitrogen and oxygen atoms in total. The summed E-state index contributed by atoms with van der Waals surface area (Å²) in [5.41, 5.74) is 1.13. The van der Waals surface area contributed by atoms with Crippen LogP contribution in [0.5, 0.6) is 0 Å². The number of hydrogen-bond donors (Lipinski definition) is 0. The largest absolute Gasteiger partial charge is 0.368 e. The number of rotatable bonds is 6. The Morgan fingerprint density at radius 3 is 2.32 bits per heavy atom. The topological polar surface area (TPSA) is 19.0 Å². The summed E-state index contributed by atoms with van der Waals surface area (Å²) in [6.07, 6.45) is 1.26. The van der Waals surface area contributed by atoms with Crippen LogP contribution in [0.1, 0.15) is 32.8 Å². The van der Waals surface area contributed by atoms with Gasteiger partial charge in [-0.05, 0) is 45.8 Å². The summed E-state index contributed by atoms with van der Waals surface area (Å²) in [5.74, 6) is 0. The van der Waals surface area contributed by atoms with Gasteiger partial charge in [-0.1, -0.05) is 30.3 Å². The van der Waals surface area contributed by atoms with Gasteiger partial charge in [-0.15, -0.1) is 0 Å². The molecule has 25 heavy (non-hydrogen) atoms. The Bertz CT molecular complexity index is 513. The molecule has 0 unspecified atom stereocenters. The van der Waals surface area contributed by atoms with Crippen LogP contribution in [0, 0.1) is 0 Å². The molecule has 140 valence electrons. The highest BCUT2D eigenvalue weighted by Gasteiger charge is 2.33. The molecule has 2 aliphatic rings. The molecule has 0 spiro atoms. The first-order valence-electron chi connectivity index (χ1n) is 9.95. The normalized spacial score (nSPS) is 27.0. The predicted molar refractivity (Wildman–Crippen MR) is 104 cm³/mol. The molecule has 2 heterocycles. The Labute approximate surface area is 153 Å². The number of benzene rings is 1. The van der Waals surface area contributed by atoms with E-state index < -0.39 is 0 Å². The van der Waals surface area contributed by atoms with Crippen molar-refractivity contribution in [3.8, 4) is 0 Å². The average Bonchev–Trinajstić information content (AvgIpc) is 2.63. The fourth-order valence-corrected chi connectivity index (χ4v) is 4.13. The molecule has 1 aromatic carbocycles. The van der Waals surface area contributed by atoms with E-state index in [2.05, 4.69) is 65.8 Å². The lowest BCUT2D eigenvalue weighted by atomic mass is 9.94. The smallest absolute Gasteiger partial charge is 0.103 e. The van der Waals surface area contributed by atoms with Crippen molar-refractivity contribution in [2.75, 3.05) is 59.0 Å². The Morgan fingerprint density at radius 1 is 0.960 bits per heavy atom. The van der Waals surface area contributed by atoms with E-state index in [1.807, 2.05) is 0 Å². The fraction of sp³-hybridized carbons (Fsp3) is 0.714. The molecule has 2 fully saturated rings. The zero-order valence-electron chi connectivity index (χ0n) is 16.3. The van der Waals surface area contributed by atoms with E-state index in [9.17, 15) is 0 Å². The highest BCUT2D eigenvalue weighted by atomic mass is 16.5. The van der Waals surface area contributed by atoms with Crippen molar-refractivity contribution in [1.29, 1.82) is 0 Å². The molecule has 1 atom stereocenters. The van der Waals surface area contributed by atoms with Crippen LogP contribution in [0.4, 0.5) is 0 Å². The van der Waals surface area contributed by atoms with Gasteiger partial charge in [0.1, 0.15) is 5.60 Å². The van der Waals surface area contributed by atoms with E-state index in [1.54, 1.807) is 0 Å². The highest BCUT2D eigenvalue weighted by Crippen LogP contribution is 2.29. The Balaban J connectivity index is 1.42. The van der Waals surface area contributed by atoms with Crippen molar-refractivity contribution in [2.24, 2.45) is 0 Å². The van der Waals surface area contributed by atoms with Crippen molar-refractivity contribution in [3.63, 3.8) is 0 Å². The first kappa shape index (κ1) is 18.8. The van der Waals surface area contributed by atoms with Gasteiger partial charge >= 0.3 is 0 Å². The zero-order valence-corrected chi connectivity index (χ0v) is 16.3. The lowest BCUT2D eigenvalue weighted by molar-refractivity contribution is -0.103. The summed E-state index contributed by atoms with van der Waals surface area (Å²) in [6.45, 7) is 17.0. The molecular weight excluding hydrogens is 310 g/mol. The van der Waals surface area contributed by atoms with E-state index >= 15 is 0 Å². The van der Waals surface area contributed by atoms with Crippen LogP contribution in [0.25, 0.3) is 0 Å². The first-order valence-corrected chi connectivity index (χ1v) is 9.95. The van der Waals surface area contributed by atoms with Crippen LogP contribution in [0.2, 0.25) is 0 Å². The maximum absolute atomic E-state index is 6.15. The lowest BCUT2D eigenvalue weighted by Crippen LogP contribution is -2.50. The Hall–Kier alpha value is -0.940. The second-order valence-electron chi connectivity index (χ2n) is 8.05. The number of morpholine rings is 1. The molecule has 0 bridgehead atoms. The molecule has 0 N–H and O–H groups in total. The second-order valence-corrected chi connectivity index (χ2v) is 8.05. The van der Waals surface area contributed by atoms with Gasteiger partial charge in [0.2, 0.25) is 0 Å². The summed E-state index contributed by atoms with van der Waals surface area (Å²) < 4.78 is 6.15. The molecule has 2 aliphatic heterocycles. The summed E-state index contributed by atoms with van der Waals surface area (Å²) in [7, 11) is 0. The SMILES string of the molecule is CC(C)N1CCN(CCCN2CCO[C@](C)(c3ccccc3)C2)CC1. The molecule has 0 radical (unpaired) electrons. The second kappa shape index (κ2) is 8.63. The molecule has 0 aromatic heterocycles. The van der Waals surface area contributed by atoms with Crippen LogP contribution in [-0.2, 0) is 10.3 Å². The van der Waals surface area contributed by atoms with Crippen LogP contribution in [0.3, 0.4) is 0 Å². The third kappa shape index (κ3) is 5.04. The molecular formula is C21H35N3O. The van der Waals surface area contributed by atoms with Gasteiger partial charge in [-0.25, -0.2) is 0 Å². The lowest BCUT2D eigenvalue weighted by Gasteiger charge is -2.41. The maximum Gasteiger partial charge on any atom is 0.103 e. The van der Waals surface area contributed by atoms with Crippen molar-refractivity contribution in [3.05, 3.63) is 35.9 Å². The van der Waals surface area contributed by atoms with Crippen LogP contribution in [-0.4, -0.2) is 79.7 Å². The standard InChI is InChI=1S/C21H35N3O/c1-19(2)24-14-12-22(13-15-24)10-7-11-23-16-17-25-21(3,18-23)20-8-5-4-6-9-20/h4-6,8-9,19H,7,10-18H2,1-3H3/t21-/m0/s1. The quantitative estimate of drug-likeness (QED) is 0.789. The van der Waals surface area contributed by atoms with Crippen molar-refractivity contribution < 1.29 is 4.74 Å². The van der Waals surface area contributed by atoms with Gasteiger partial charge in [0.25, 0.3) is 0 Å². The van der Waals surface area contributed by atoms with Crippen LogP contribution in [0.15, 0.2) is 30.3 Å². The van der Waals surface area contributed by atoms with E-state index in [-0.39, 0.29) is 5.60 Å². The number of ether oxygens (including phenoxy) is 1. The minimum Gasteiger partial charge on any atom is -0.368 e. The Morgan fingerprint density at radius 2 is 1.64 bits per heavy atom. The van der Waals surface area contributed by atoms with E-state index in [0.29, 0.717) is 6.04 Å². The van der Waals surface area contributed by atoms with E-state index in [0.717, 1.165) is 19.7 Å². The minimum absolute atomic E-state index is 0.164. The van der Waals surface area contributed by atoms with Gasteiger partial charge in [0.15, 0.2) is 0 Å². The molecule has 0 aliphatic carbocycles. The molecule has 0 amide bonds. The van der Waals surface area contributed by atoms with E-state index in [1.165, 1.54) is 51.3 Å². The van der Waals surface area contributed by atoms with Crippen LogP contribution < -0.4 is 0 Å². The predicted octanol–water partition coefficient (Wildman–Crippen LogP) is 2.65. The summed E-state index contributed by atoms with van der Waals surface area (Å²) in [4.78, 5) is 7.81. The van der Waals surface area contributed by atoms with Gasteiger partial charge in [-0.3, -0.25) is 9.80 Å². The van der Waals surface area contributed by atoms with Crippen molar-refractivity contribution in [1.82, 2.24) is 14.7 Å². The number of nitrogens with zero attached hydrogens (tertiary/aromatic N) is 3. The molecule has 0 saturated carbocycles. The molecule has 3 rings (SSSR count). The highest BCUT2D eigenvalue weighted by molar-refractivity contribution is 5.22. The van der Waals surface area contributed by atoms with Crippen molar-refractivity contribution >= 4 is 0 Å². The molecule has 4 heteroatoms. The van der Waals surface area contributed by atoms with Crippen LogP contribution >= 0.6 is 0 Å². The summed E-state index contributed by atoms with van der Waals surface area (Å²) >= 11 is 0. The van der Waals surface area contributed by atoms with Gasteiger partial charge in [-0.2, -0.15) is 0 Å². The third-order valence-electron chi connectivity index (χ3n) is 5.82. The maximum atomic E-state index is 6.15. The molecule has 2 saturated heterocycles. The minimum atomic E-state index is -0.164. The zero-order chi connectivity index (χ0) is 17.7. The summed E-state index contributed by atoms with van der Waals surface area (Å²) in [5, 5.41) is 0. The van der Waals surface area contributed by atoms with E-state index in [4.69, 9.17) is 4.74 Å². The summed E-state index contributed by atoms with van der Waals surface area (Å²) in [6, 6.07) is 11.4. The van der Waals surface area contributed by atoms with Gasteiger partial charge < -0.3 is 9.64 Å². The Kier molecular flexibility index (Phi) is 6.50. The number of hydrogen-bond acceptors (Lipinski definition) is 4. The fourth-order valence-electron chi connectivity index (χ4n) is 4.13.